The molecule has 6 aliphatic rings. The van der Waals surface area contributed by atoms with Gasteiger partial charge in [0.25, 0.3) is 0 Å². The minimum atomic E-state index is -1.93. The van der Waals surface area contributed by atoms with Crippen molar-refractivity contribution in [2.45, 2.75) is 234 Å². The van der Waals surface area contributed by atoms with E-state index >= 15 is 0 Å². The predicted molar refractivity (Wildman–Crippen MR) is 254 cm³/mol. The Morgan fingerprint density at radius 3 is 1.48 bits per heavy atom. The zero-order valence-corrected chi connectivity index (χ0v) is 43.1. The Bertz CT molecular complexity index is 2260. The number of hydrogen-bond donors (Lipinski definition) is 11. The Kier molecular flexibility index (Phi) is 18.2. The Labute approximate surface area is 432 Å². The van der Waals surface area contributed by atoms with Gasteiger partial charge in [0.2, 0.25) is 6.29 Å². The summed E-state index contributed by atoms with van der Waals surface area (Å²) < 4.78 is 66.0. The number of fused-ring (bicyclic) bond motifs is 2. The molecule has 0 saturated carbocycles. The molecule has 2 aromatic rings. The van der Waals surface area contributed by atoms with Crippen LogP contribution in [0.3, 0.4) is 0 Å². The SMILES string of the molecule is COC(C(=O)C(O)C(C)O)C1Cc2cc3cc(OC4CC(O)C(OC5CC(O)C(OC6CC(O)C(O)C(C)O6)C(C)O5)C(C)O4)c(C)c(O)c3c(O)c2C(=O)C1OC1CC(O)C(OC2CC(O)C(O)C(C)O2)C(C)O1. The van der Waals surface area contributed by atoms with Gasteiger partial charge in [0, 0.05) is 50.7 Å². The smallest absolute Gasteiger partial charge is 0.202 e. The summed E-state index contributed by atoms with van der Waals surface area (Å²) in [5.41, 5.74) is 0.0808. The van der Waals surface area contributed by atoms with Crippen LogP contribution in [-0.2, 0) is 58.6 Å². The minimum Gasteiger partial charge on any atom is -0.507 e. The molecule has 8 rings (SSSR count). The zero-order valence-electron chi connectivity index (χ0n) is 43.1. The van der Waals surface area contributed by atoms with Crippen molar-refractivity contribution >= 4 is 22.3 Å². The molecule has 2 aromatic carbocycles. The van der Waals surface area contributed by atoms with Crippen LogP contribution in [0.15, 0.2) is 12.1 Å². The molecule has 25 unspecified atom stereocenters. The summed E-state index contributed by atoms with van der Waals surface area (Å²) in [5.74, 6) is -4.02. The molecule has 75 heavy (non-hydrogen) atoms. The molecule has 0 aromatic heterocycles. The maximum atomic E-state index is 14.8. The number of aliphatic hydroxyl groups excluding tert-OH is 9. The number of methoxy groups -OCH3 is 1. The Balaban J connectivity index is 0.975. The van der Waals surface area contributed by atoms with Gasteiger partial charge >= 0.3 is 0 Å². The van der Waals surface area contributed by atoms with Crippen LogP contribution in [0.4, 0.5) is 0 Å². The third-order valence-electron chi connectivity index (χ3n) is 15.4. The lowest BCUT2D eigenvalue weighted by atomic mass is 9.75. The first kappa shape index (κ1) is 57.8. The van der Waals surface area contributed by atoms with Gasteiger partial charge in [-0.1, -0.05) is 0 Å². The second-order valence-electron chi connectivity index (χ2n) is 21.0. The molecule has 25 atom stereocenters. The van der Waals surface area contributed by atoms with Crippen molar-refractivity contribution in [3.05, 3.63) is 28.8 Å². The van der Waals surface area contributed by atoms with Crippen molar-refractivity contribution in [1.82, 2.24) is 0 Å². The lowest BCUT2D eigenvalue weighted by Crippen LogP contribution is -2.56. The topological polar surface area (TPSA) is 358 Å². The molecule has 0 spiro atoms. The average molecular weight is 1070 g/mol. The maximum absolute atomic E-state index is 14.8. The number of hydrogen-bond acceptors (Lipinski definition) is 24. The highest BCUT2D eigenvalue weighted by Gasteiger charge is 2.51. The number of aromatic hydroxyl groups is 2. The van der Waals surface area contributed by atoms with Gasteiger partial charge in [0.15, 0.2) is 36.7 Å². The summed E-state index contributed by atoms with van der Waals surface area (Å²) in [6, 6.07) is 3.02. The molecule has 0 amide bonds. The number of benzene rings is 2. The number of phenolic OH excluding ortho intramolecular Hbond substituents is 2. The summed E-state index contributed by atoms with van der Waals surface area (Å²) in [6.07, 6.45) is -27.2. The van der Waals surface area contributed by atoms with Crippen molar-refractivity contribution < 1.29 is 118 Å². The molecule has 5 fully saturated rings. The maximum Gasteiger partial charge on any atom is 0.202 e. The van der Waals surface area contributed by atoms with Crippen LogP contribution in [0.2, 0.25) is 0 Å². The van der Waals surface area contributed by atoms with Crippen molar-refractivity contribution in [2.75, 3.05) is 7.11 Å². The minimum absolute atomic E-state index is 0.00462. The van der Waals surface area contributed by atoms with E-state index in [1.165, 1.54) is 33.1 Å². The van der Waals surface area contributed by atoms with Crippen molar-refractivity contribution in [3.8, 4) is 17.2 Å². The molecule has 5 aliphatic heterocycles. The molecular formula is C51H74O24. The summed E-state index contributed by atoms with van der Waals surface area (Å²) in [6.45, 7) is 10.8. The number of phenols is 2. The van der Waals surface area contributed by atoms with E-state index in [-0.39, 0.29) is 71.7 Å². The van der Waals surface area contributed by atoms with Crippen LogP contribution in [0.25, 0.3) is 10.8 Å². The third-order valence-corrected chi connectivity index (χ3v) is 15.4. The first-order valence-corrected chi connectivity index (χ1v) is 25.7. The summed E-state index contributed by atoms with van der Waals surface area (Å²) in [4.78, 5) is 28.6. The molecule has 422 valence electrons. The molecule has 11 N–H and O–H groups in total. The highest BCUT2D eigenvalue weighted by Crippen LogP contribution is 2.47. The molecule has 5 saturated heterocycles. The first-order chi connectivity index (χ1) is 35.4. The van der Waals surface area contributed by atoms with Crippen LogP contribution >= 0.6 is 0 Å². The number of ketones is 2. The van der Waals surface area contributed by atoms with E-state index in [0.29, 0.717) is 0 Å². The van der Waals surface area contributed by atoms with Crippen LogP contribution in [0.5, 0.6) is 17.2 Å². The summed E-state index contributed by atoms with van der Waals surface area (Å²) >= 11 is 0. The number of ether oxygens (including phenoxy) is 11. The Hall–Kier alpha value is -3.32. The van der Waals surface area contributed by atoms with Gasteiger partial charge < -0.3 is 108 Å². The van der Waals surface area contributed by atoms with E-state index in [2.05, 4.69) is 0 Å². The van der Waals surface area contributed by atoms with Gasteiger partial charge in [-0.15, -0.1) is 0 Å². The highest BCUT2D eigenvalue weighted by molar-refractivity contribution is 6.11. The van der Waals surface area contributed by atoms with E-state index in [1.807, 2.05) is 0 Å². The van der Waals surface area contributed by atoms with Crippen LogP contribution in [0, 0.1) is 12.8 Å². The summed E-state index contributed by atoms with van der Waals surface area (Å²) in [7, 11) is 1.18. The van der Waals surface area contributed by atoms with Crippen LogP contribution in [0.1, 0.15) is 95.1 Å². The second kappa shape index (κ2) is 23.6. The molecular weight excluding hydrogens is 997 g/mol. The Morgan fingerprint density at radius 2 is 1.04 bits per heavy atom. The molecule has 5 heterocycles. The number of rotatable bonds is 15. The molecule has 24 nitrogen and oxygen atoms in total. The third kappa shape index (κ3) is 12.0. The van der Waals surface area contributed by atoms with Gasteiger partial charge in [-0.05, 0) is 78.0 Å². The number of carbonyl (C=O) groups excluding carboxylic acids is 2. The van der Waals surface area contributed by atoms with Gasteiger partial charge in [0.05, 0.1) is 78.1 Å². The van der Waals surface area contributed by atoms with Gasteiger partial charge in [-0.3, -0.25) is 9.59 Å². The fourth-order valence-corrected chi connectivity index (χ4v) is 11.2. The normalized spacial score (nSPS) is 41.9. The second-order valence-corrected chi connectivity index (χ2v) is 21.0. The molecule has 24 heteroatoms. The fraction of sp³-hybridized carbons (Fsp3) is 0.765. The lowest BCUT2D eigenvalue weighted by Gasteiger charge is -2.44. The van der Waals surface area contributed by atoms with Crippen LogP contribution < -0.4 is 4.74 Å². The van der Waals surface area contributed by atoms with Gasteiger partial charge in [0.1, 0.15) is 66.1 Å². The molecule has 0 radical (unpaired) electrons. The predicted octanol–water partition coefficient (Wildman–Crippen LogP) is -0.639. The number of Topliss-reactive ketones (excluding diaryl/α,β-unsaturated/α-hetero) is 2. The van der Waals surface area contributed by atoms with Crippen molar-refractivity contribution in [2.24, 2.45) is 5.92 Å². The lowest BCUT2D eigenvalue weighted by molar-refractivity contribution is -0.330. The van der Waals surface area contributed by atoms with E-state index in [9.17, 15) is 65.8 Å². The first-order valence-electron chi connectivity index (χ1n) is 25.7. The van der Waals surface area contributed by atoms with Crippen molar-refractivity contribution in [1.29, 1.82) is 0 Å². The fourth-order valence-electron chi connectivity index (χ4n) is 11.2. The average Bonchev–Trinajstić information content (AvgIpc) is 3.33. The number of aliphatic hydroxyl groups is 9. The van der Waals surface area contributed by atoms with Gasteiger partial charge in [-0.2, -0.15) is 0 Å². The quantitative estimate of drug-likeness (QED) is 0.106. The number of carbonyl (C=O) groups is 2. The van der Waals surface area contributed by atoms with Gasteiger partial charge in [-0.25, -0.2) is 0 Å². The highest BCUT2D eigenvalue weighted by atomic mass is 16.7. The standard InChI is InChI=1S/C51H74O24/c1-17-32(71-33-14-29(55)47(21(5)68-33)74-36-15-30(56)48(22(6)69-36)72-34-12-27(53)42(60)19(3)66-34)11-25-9-24-10-26(50(65-8)46(64)41(59)18(2)52)51(45(63)39(24)44(62)38(25)40(17)58)75-37-16-31(57)49(23(7)70-37)73-35-13-28(54)43(61)20(4)67-35/h9,11,18-23,26-31,33-37,41-43,47-62H,10,12-16H2,1-8H3. The van der Waals surface area contributed by atoms with E-state index < -0.39 is 176 Å². The van der Waals surface area contributed by atoms with E-state index in [4.69, 9.17) is 52.1 Å². The Morgan fingerprint density at radius 1 is 0.613 bits per heavy atom. The van der Waals surface area contributed by atoms with E-state index in [1.54, 1.807) is 34.6 Å². The van der Waals surface area contributed by atoms with E-state index in [0.717, 1.165) is 0 Å². The monoisotopic (exact) mass is 1070 g/mol. The zero-order chi connectivity index (χ0) is 54.6. The molecule has 0 bridgehead atoms. The summed E-state index contributed by atoms with van der Waals surface area (Å²) in [5, 5.41) is 119. The largest absolute Gasteiger partial charge is 0.507 e. The molecule has 1 aliphatic carbocycles. The van der Waals surface area contributed by atoms with Crippen molar-refractivity contribution in [3.63, 3.8) is 0 Å². The van der Waals surface area contributed by atoms with Crippen LogP contribution in [-0.4, -0.2) is 222 Å².